The molecule has 43 heavy (non-hydrogen) atoms. The Kier molecular flexibility index (Phi) is 10.7. The number of carbonyl (C=O) groups excluding carboxylic acids is 3. The number of hydrogen-bond donors (Lipinski definition) is 1. The molecule has 0 spiro atoms. The Bertz CT molecular complexity index is 1520. The number of carbonyl (C=O) groups is 3. The molecule has 222 valence electrons. The van der Waals surface area contributed by atoms with Gasteiger partial charge in [0.15, 0.2) is 5.78 Å². The van der Waals surface area contributed by atoms with Gasteiger partial charge < -0.3 is 19.7 Å². The minimum Gasteiger partial charge on any atom is -0.492 e. The van der Waals surface area contributed by atoms with Gasteiger partial charge in [0.05, 0.1) is 13.7 Å². The van der Waals surface area contributed by atoms with Crippen LogP contribution in [0.1, 0.15) is 40.9 Å². The Hall–Kier alpha value is -4.91. The molecule has 0 aliphatic carbocycles. The Morgan fingerprint density at radius 1 is 0.814 bits per heavy atom. The van der Waals surface area contributed by atoms with Gasteiger partial charge in [-0.05, 0) is 48.9 Å². The van der Waals surface area contributed by atoms with E-state index in [1.165, 1.54) is 7.11 Å². The molecular formula is C36H38N2O5. The van der Waals surface area contributed by atoms with Gasteiger partial charge in [-0.15, -0.1) is 0 Å². The average molecular weight is 579 g/mol. The summed E-state index contributed by atoms with van der Waals surface area (Å²) in [5.74, 6) is -0.0132. The van der Waals surface area contributed by atoms with Crippen molar-refractivity contribution in [1.29, 1.82) is 0 Å². The number of amides is 1. The smallest absolute Gasteiger partial charge is 0.328 e. The van der Waals surface area contributed by atoms with Crippen molar-refractivity contribution in [2.45, 2.75) is 33.2 Å². The molecule has 0 fully saturated rings. The summed E-state index contributed by atoms with van der Waals surface area (Å²) < 4.78 is 11.1. The van der Waals surface area contributed by atoms with Gasteiger partial charge in [-0.25, -0.2) is 4.79 Å². The molecule has 0 heterocycles. The van der Waals surface area contributed by atoms with Crippen LogP contribution in [-0.4, -0.2) is 44.0 Å². The SMILES string of the molecule is COC(=O)[C@H](Cc1ccc(OCCN(C(=O)C(C)C)c2ccc(C)cc2)cc1)Nc1ccccc1C(=O)c1ccccc1. The van der Waals surface area contributed by atoms with Crippen LogP contribution in [0.4, 0.5) is 11.4 Å². The van der Waals surface area contributed by atoms with Crippen molar-refractivity contribution in [2.24, 2.45) is 5.92 Å². The third kappa shape index (κ3) is 8.32. The predicted molar refractivity (Wildman–Crippen MR) is 170 cm³/mol. The van der Waals surface area contributed by atoms with Crippen LogP contribution in [0.5, 0.6) is 5.75 Å². The number of ether oxygens (including phenoxy) is 2. The molecule has 0 unspecified atom stereocenters. The Morgan fingerprint density at radius 3 is 2.12 bits per heavy atom. The average Bonchev–Trinajstić information content (AvgIpc) is 3.03. The van der Waals surface area contributed by atoms with Crippen LogP contribution < -0.4 is 15.0 Å². The Labute approximate surface area is 253 Å². The quantitative estimate of drug-likeness (QED) is 0.144. The highest BCUT2D eigenvalue weighted by Crippen LogP contribution is 2.23. The summed E-state index contributed by atoms with van der Waals surface area (Å²) in [6, 6.07) is 30.8. The monoisotopic (exact) mass is 578 g/mol. The molecule has 0 aromatic heterocycles. The first kappa shape index (κ1) is 31.0. The Balaban J connectivity index is 1.41. The van der Waals surface area contributed by atoms with Gasteiger partial charge in [-0.1, -0.05) is 86.1 Å². The molecule has 4 aromatic carbocycles. The van der Waals surface area contributed by atoms with Crippen molar-refractivity contribution in [3.8, 4) is 5.75 Å². The van der Waals surface area contributed by atoms with Gasteiger partial charge in [0.1, 0.15) is 18.4 Å². The van der Waals surface area contributed by atoms with Crippen LogP contribution in [0, 0.1) is 12.8 Å². The fraction of sp³-hybridized carbons (Fsp3) is 0.250. The maximum absolute atomic E-state index is 13.2. The molecule has 1 atom stereocenters. The summed E-state index contributed by atoms with van der Waals surface area (Å²) in [7, 11) is 1.35. The van der Waals surface area contributed by atoms with Gasteiger partial charge in [-0.3, -0.25) is 9.59 Å². The van der Waals surface area contributed by atoms with Crippen molar-refractivity contribution in [2.75, 3.05) is 30.5 Å². The maximum Gasteiger partial charge on any atom is 0.328 e. The molecule has 4 rings (SSSR count). The number of esters is 1. The van der Waals surface area contributed by atoms with E-state index >= 15 is 0 Å². The van der Waals surface area contributed by atoms with E-state index in [0.717, 1.165) is 16.8 Å². The van der Waals surface area contributed by atoms with Gasteiger partial charge in [-0.2, -0.15) is 0 Å². The lowest BCUT2D eigenvalue weighted by Gasteiger charge is -2.25. The third-order valence-corrected chi connectivity index (χ3v) is 7.08. The highest BCUT2D eigenvalue weighted by molar-refractivity contribution is 6.12. The molecule has 7 nitrogen and oxygen atoms in total. The zero-order valence-corrected chi connectivity index (χ0v) is 25.1. The molecule has 0 saturated heterocycles. The van der Waals surface area contributed by atoms with Gasteiger partial charge in [0.25, 0.3) is 0 Å². The molecule has 0 bridgehead atoms. The molecular weight excluding hydrogens is 540 g/mol. The van der Waals surface area contributed by atoms with E-state index in [-0.39, 0.29) is 17.6 Å². The van der Waals surface area contributed by atoms with Gasteiger partial charge >= 0.3 is 5.97 Å². The van der Waals surface area contributed by atoms with Crippen LogP contribution in [-0.2, 0) is 20.7 Å². The third-order valence-electron chi connectivity index (χ3n) is 7.08. The molecule has 4 aromatic rings. The van der Waals surface area contributed by atoms with Gasteiger partial charge in [0, 0.05) is 34.8 Å². The number of rotatable bonds is 13. The van der Waals surface area contributed by atoms with E-state index in [1.807, 2.05) is 93.6 Å². The van der Waals surface area contributed by atoms with Crippen molar-refractivity contribution >= 4 is 29.0 Å². The van der Waals surface area contributed by atoms with E-state index in [4.69, 9.17) is 9.47 Å². The number of nitrogens with one attached hydrogen (secondary N) is 1. The second-order valence-corrected chi connectivity index (χ2v) is 10.6. The van der Waals surface area contributed by atoms with E-state index in [9.17, 15) is 14.4 Å². The number of para-hydroxylation sites is 1. The summed E-state index contributed by atoms with van der Waals surface area (Å²) in [4.78, 5) is 40.6. The fourth-order valence-electron chi connectivity index (χ4n) is 4.69. The minimum absolute atomic E-state index is 0.0381. The molecule has 0 aliphatic rings. The minimum atomic E-state index is -0.716. The highest BCUT2D eigenvalue weighted by atomic mass is 16.5. The van der Waals surface area contributed by atoms with Crippen molar-refractivity contribution in [3.05, 3.63) is 125 Å². The number of aryl methyl sites for hydroxylation is 1. The van der Waals surface area contributed by atoms with Crippen LogP contribution in [0.2, 0.25) is 0 Å². The lowest BCUT2D eigenvalue weighted by atomic mass is 10.00. The van der Waals surface area contributed by atoms with Crippen molar-refractivity contribution < 1.29 is 23.9 Å². The first-order valence-electron chi connectivity index (χ1n) is 14.4. The number of ketones is 1. The zero-order chi connectivity index (χ0) is 30.8. The van der Waals surface area contributed by atoms with Crippen LogP contribution in [0.15, 0.2) is 103 Å². The lowest BCUT2D eigenvalue weighted by Crippen LogP contribution is -2.37. The summed E-state index contributed by atoms with van der Waals surface area (Å²) in [6.45, 7) is 6.53. The van der Waals surface area contributed by atoms with Crippen molar-refractivity contribution in [3.63, 3.8) is 0 Å². The highest BCUT2D eigenvalue weighted by Gasteiger charge is 2.23. The summed E-state index contributed by atoms with van der Waals surface area (Å²) in [5.41, 5.74) is 4.46. The fourth-order valence-corrected chi connectivity index (χ4v) is 4.69. The van der Waals surface area contributed by atoms with E-state index in [1.54, 1.807) is 35.2 Å². The summed E-state index contributed by atoms with van der Waals surface area (Å²) in [5, 5.41) is 3.23. The zero-order valence-electron chi connectivity index (χ0n) is 25.1. The molecule has 0 saturated carbocycles. The molecule has 7 heteroatoms. The van der Waals surface area contributed by atoms with E-state index in [0.29, 0.717) is 42.1 Å². The van der Waals surface area contributed by atoms with Crippen LogP contribution >= 0.6 is 0 Å². The van der Waals surface area contributed by atoms with Crippen molar-refractivity contribution in [1.82, 2.24) is 0 Å². The predicted octanol–water partition coefficient (Wildman–Crippen LogP) is 6.49. The normalized spacial score (nSPS) is 11.5. The second kappa shape index (κ2) is 14.8. The van der Waals surface area contributed by atoms with Crippen LogP contribution in [0.25, 0.3) is 0 Å². The number of methoxy groups -OCH3 is 1. The van der Waals surface area contributed by atoms with Gasteiger partial charge in [0.2, 0.25) is 5.91 Å². The second-order valence-electron chi connectivity index (χ2n) is 10.6. The summed E-state index contributed by atoms with van der Waals surface area (Å²) >= 11 is 0. The molecule has 0 radical (unpaired) electrons. The molecule has 1 N–H and O–H groups in total. The molecule has 0 aliphatic heterocycles. The number of nitrogens with zero attached hydrogens (tertiary/aromatic N) is 1. The molecule has 1 amide bonds. The topological polar surface area (TPSA) is 84.9 Å². The number of benzene rings is 4. The standard InChI is InChI=1S/C36H38N2O5/c1-25(2)35(40)38(29-18-14-26(3)15-19-29)22-23-43-30-20-16-27(17-21-30)24-33(36(41)42-4)37-32-13-9-8-12-31(32)34(39)28-10-6-5-7-11-28/h5-21,25,33,37H,22-24H2,1-4H3/t33-/m0/s1. The van der Waals surface area contributed by atoms with E-state index < -0.39 is 12.0 Å². The first-order valence-corrected chi connectivity index (χ1v) is 14.4. The largest absolute Gasteiger partial charge is 0.492 e. The summed E-state index contributed by atoms with van der Waals surface area (Å²) in [6.07, 6.45) is 0.338. The lowest BCUT2D eigenvalue weighted by molar-refractivity contribution is -0.141. The first-order chi connectivity index (χ1) is 20.8. The number of anilines is 2. The maximum atomic E-state index is 13.2. The van der Waals surface area contributed by atoms with E-state index in [2.05, 4.69) is 5.32 Å². The Morgan fingerprint density at radius 2 is 1.47 bits per heavy atom. The number of hydrogen-bond acceptors (Lipinski definition) is 6. The van der Waals surface area contributed by atoms with Crippen LogP contribution in [0.3, 0.4) is 0 Å².